The Kier molecular flexibility index (Phi) is 5.93. The number of piperazine rings is 1. The number of likely N-dealkylation sites (N-methyl/N-ethyl adjacent to an activating group) is 1. The van der Waals surface area contributed by atoms with Crippen molar-refractivity contribution in [2.24, 2.45) is 0 Å². The average molecular weight is 319 g/mol. The van der Waals surface area contributed by atoms with Crippen LogP contribution in [0, 0.1) is 0 Å². The van der Waals surface area contributed by atoms with Crippen LogP contribution in [0.3, 0.4) is 0 Å². The van der Waals surface area contributed by atoms with Gasteiger partial charge in [-0.25, -0.2) is 0 Å². The second kappa shape index (κ2) is 7.48. The Bertz CT molecular complexity index is 449. The smallest absolute Gasteiger partial charge is 0.143 e. The number of ether oxygens (including phenoxy) is 1. The Hall–Kier alpha value is -0.520. The predicted octanol–water partition coefficient (Wildman–Crippen LogP) is 2.11. The van der Waals surface area contributed by atoms with Gasteiger partial charge in [-0.15, -0.1) is 0 Å². The maximum Gasteiger partial charge on any atom is 0.143 e. The molecule has 1 aliphatic rings. The predicted molar refractivity (Wildman–Crippen MR) is 81.8 cm³/mol. The summed E-state index contributed by atoms with van der Waals surface area (Å²) < 4.78 is 5.74. The minimum Gasteiger partial charge on any atom is -0.490 e. The lowest BCUT2D eigenvalue weighted by atomic mass is 10.2. The molecule has 0 spiro atoms. The second-order valence-corrected chi connectivity index (χ2v) is 5.87. The molecule has 0 unspecified atom stereocenters. The lowest BCUT2D eigenvalue weighted by molar-refractivity contribution is 0.133. The van der Waals surface area contributed by atoms with Gasteiger partial charge in [-0.3, -0.25) is 4.90 Å². The molecule has 0 aliphatic carbocycles. The zero-order chi connectivity index (χ0) is 14.5. The van der Waals surface area contributed by atoms with Gasteiger partial charge in [0.05, 0.1) is 11.6 Å². The highest BCUT2D eigenvalue weighted by Crippen LogP contribution is 2.32. The minimum atomic E-state index is -0.135. The normalized spacial score (nSPS) is 17.4. The molecule has 112 valence electrons. The summed E-state index contributed by atoms with van der Waals surface area (Å²) in [5, 5.41) is 10.3. The van der Waals surface area contributed by atoms with E-state index in [0.29, 0.717) is 28.0 Å². The molecule has 1 fully saturated rings. The number of nitrogens with zero attached hydrogens (tertiary/aromatic N) is 2. The molecule has 1 aliphatic heterocycles. The molecule has 0 radical (unpaired) electrons. The Morgan fingerprint density at radius 3 is 2.55 bits per heavy atom. The Balaban J connectivity index is 1.88. The lowest BCUT2D eigenvalue weighted by Crippen LogP contribution is -2.45. The molecule has 0 atom stereocenters. The molecule has 1 heterocycles. The fourth-order valence-electron chi connectivity index (χ4n) is 2.24. The summed E-state index contributed by atoms with van der Waals surface area (Å²) in [4.78, 5) is 4.68. The molecule has 1 aromatic carbocycles. The highest BCUT2D eigenvalue weighted by atomic mass is 35.5. The summed E-state index contributed by atoms with van der Waals surface area (Å²) in [6, 6.07) is 3.31. The summed E-state index contributed by atoms with van der Waals surface area (Å²) in [6.07, 6.45) is 0. The van der Waals surface area contributed by atoms with Gasteiger partial charge in [0.25, 0.3) is 0 Å². The SMILES string of the molecule is CN1CCN(CCOc2c(Cl)cc(Cl)cc2CO)CC1. The van der Waals surface area contributed by atoms with E-state index in [4.69, 9.17) is 27.9 Å². The van der Waals surface area contributed by atoms with Crippen molar-refractivity contribution in [1.82, 2.24) is 9.80 Å². The van der Waals surface area contributed by atoms with Crippen molar-refractivity contribution in [2.45, 2.75) is 6.61 Å². The zero-order valence-corrected chi connectivity index (χ0v) is 13.1. The molecule has 1 saturated heterocycles. The number of hydrogen-bond acceptors (Lipinski definition) is 4. The van der Waals surface area contributed by atoms with Crippen molar-refractivity contribution in [3.05, 3.63) is 27.7 Å². The Morgan fingerprint density at radius 2 is 1.90 bits per heavy atom. The van der Waals surface area contributed by atoms with Gasteiger partial charge in [-0.05, 0) is 19.2 Å². The molecule has 2 rings (SSSR count). The third-order valence-corrected chi connectivity index (χ3v) is 4.00. The first-order valence-corrected chi connectivity index (χ1v) is 7.48. The van der Waals surface area contributed by atoms with Crippen molar-refractivity contribution in [3.63, 3.8) is 0 Å². The molecule has 6 heteroatoms. The van der Waals surface area contributed by atoms with E-state index in [9.17, 15) is 5.11 Å². The standard InChI is InChI=1S/C14H20Cl2N2O2/c1-17-2-4-18(5-3-17)6-7-20-14-11(10-19)8-12(15)9-13(14)16/h8-9,19H,2-7,10H2,1H3. The van der Waals surface area contributed by atoms with E-state index < -0.39 is 0 Å². The van der Waals surface area contributed by atoms with E-state index in [0.717, 1.165) is 32.7 Å². The van der Waals surface area contributed by atoms with Gasteiger partial charge in [-0.1, -0.05) is 23.2 Å². The molecule has 4 nitrogen and oxygen atoms in total. The number of hydrogen-bond donors (Lipinski definition) is 1. The number of aliphatic hydroxyl groups excluding tert-OH is 1. The van der Waals surface area contributed by atoms with Crippen LogP contribution in [-0.2, 0) is 6.61 Å². The molecule has 0 aromatic heterocycles. The van der Waals surface area contributed by atoms with Crippen LogP contribution in [0.4, 0.5) is 0 Å². The summed E-state index contributed by atoms with van der Waals surface area (Å²) in [7, 11) is 2.13. The third-order valence-electron chi connectivity index (χ3n) is 3.51. The van der Waals surface area contributed by atoms with E-state index in [-0.39, 0.29) is 6.61 Å². The molecule has 0 amide bonds. The first-order valence-electron chi connectivity index (χ1n) is 6.72. The minimum absolute atomic E-state index is 0.135. The van der Waals surface area contributed by atoms with Gasteiger partial charge in [0.1, 0.15) is 12.4 Å². The van der Waals surface area contributed by atoms with Crippen LogP contribution >= 0.6 is 23.2 Å². The summed E-state index contributed by atoms with van der Waals surface area (Å²) in [6.45, 7) is 5.56. The Labute approximate surface area is 129 Å². The first-order chi connectivity index (χ1) is 9.60. The summed E-state index contributed by atoms with van der Waals surface area (Å²) in [5.74, 6) is 0.535. The fraction of sp³-hybridized carbons (Fsp3) is 0.571. The molecule has 1 N–H and O–H groups in total. The lowest BCUT2D eigenvalue weighted by Gasteiger charge is -2.32. The number of benzene rings is 1. The maximum atomic E-state index is 9.33. The van der Waals surface area contributed by atoms with E-state index in [1.54, 1.807) is 12.1 Å². The summed E-state index contributed by atoms with van der Waals surface area (Å²) >= 11 is 12.0. The Morgan fingerprint density at radius 1 is 1.20 bits per heavy atom. The quantitative estimate of drug-likeness (QED) is 0.902. The van der Waals surface area contributed by atoms with Crippen LogP contribution in [0.15, 0.2) is 12.1 Å². The molecule has 20 heavy (non-hydrogen) atoms. The van der Waals surface area contributed by atoms with Gasteiger partial charge in [0.2, 0.25) is 0 Å². The van der Waals surface area contributed by atoms with Crippen molar-refractivity contribution in [1.29, 1.82) is 0 Å². The van der Waals surface area contributed by atoms with Gasteiger partial charge in [0.15, 0.2) is 0 Å². The molecule has 0 saturated carbocycles. The topological polar surface area (TPSA) is 35.9 Å². The van der Waals surface area contributed by atoms with E-state index in [2.05, 4.69) is 16.8 Å². The van der Waals surface area contributed by atoms with Crippen molar-refractivity contribution in [2.75, 3.05) is 46.4 Å². The maximum absolute atomic E-state index is 9.33. The summed E-state index contributed by atoms with van der Waals surface area (Å²) in [5.41, 5.74) is 0.626. The average Bonchev–Trinajstić information content (AvgIpc) is 2.42. The zero-order valence-electron chi connectivity index (χ0n) is 11.6. The number of aliphatic hydroxyl groups is 1. The van der Waals surface area contributed by atoms with Gasteiger partial charge < -0.3 is 14.7 Å². The monoisotopic (exact) mass is 318 g/mol. The highest BCUT2D eigenvalue weighted by molar-refractivity contribution is 6.35. The van der Waals surface area contributed by atoms with Crippen molar-refractivity contribution < 1.29 is 9.84 Å². The van der Waals surface area contributed by atoms with E-state index in [1.165, 1.54) is 0 Å². The van der Waals surface area contributed by atoms with E-state index in [1.807, 2.05) is 0 Å². The molecular weight excluding hydrogens is 299 g/mol. The van der Waals surface area contributed by atoms with Crippen molar-refractivity contribution in [3.8, 4) is 5.75 Å². The first kappa shape index (κ1) is 15.9. The van der Waals surface area contributed by atoms with Crippen LogP contribution in [0.1, 0.15) is 5.56 Å². The van der Waals surface area contributed by atoms with Crippen LogP contribution in [-0.4, -0.2) is 61.3 Å². The third kappa shape index (κ3) is 4.24. The molecule has 1 aromatic rings. The van der Waals surface area contributed by atoms with Gasteiger partial charge in [0, 0.05) is 43.3 Å². The molecular formula is C14H20Cl2N2O2. The van der Waals surface area contributed by atoms with Crippen LogP contribution in [0.25, 0.3) is 0 Å². The van der Waals surface area contributed by atoms with Crippen molar-refractivity contribution >= 4 is 23.2 Å². The van der Waals surface area contributed by atoms with Gasteiger partial charge in [-0.2, -0.15) is 0 Å². The van der Waals surface area contributed by atoms with Gasteiger partial charge >= 0.3 is 0 Å². The van der Waals surface area contributed by atoms with Crippen LogP contribution in [0.2, 0.25) is 10.0 Å². The second-order valence-electron chi connectivity index (χ2n) is 5.03. The molecule has 0 bridgehead atoms. The largest absolute Gasteiger partial charge is 0.490 e. The fourth-order valence-corrected chi connectivity index (χ4v) is 2.83. The van der Waals surface area contributed by atoms with Crippen LogP contribution in [0.5, 0.6) is 5.75 Å². The number of halogens is 2. The van der Waals surface area contributed by atoms with Crippen LogP contribution < -0.4 is 4.74 Å². The highest BCUT2D eigenvalue weighted by Gasteiger charge is 2.14. The number of rotatable bonds is 5. The van der Waals surface area contributed by atoms with E-state index >= 15 is 0 Å².